The Labute approximate surface area is 276 Å². The maximum atomic E-state index is 11.2. The Morgan fingerprint density at radius 1 is 1.04 bits per heavy atom. The molecule has 5 rings (SSSR count). The van der Waals surface area contributed by atoms with Crippen LogP contribution in [0.4, 0.5) is 5.82 Å². The molecule has 14 heteroatoms. The van der Waals surface area contributed by atoms with Gasteiger partial charge in [-0.25, -0.2) is 15.4 Å². The van der Waals surface area contributed by atoms with E-state index in [0.29, 0.717) is 41.3 Å². The van der Waals surface area contributed by atoms with Crippen molar-refractivity contribution in [1.29, 1.82) is 5.26 Å². The number of carboxylic acid groups (broad SMARTS) is 1. The number of carbonyl (C=O) groups is 2. The highest BCUT2D eigenvalue weighted by Gasteiger charge is 2.26. The second kappa shape index (κ2) is 17.0. The highest BCUT2D eigenvalue weighted by Crippen LogP contribution is 2.45. The fraction of sp³-hybridized carbons (Fsp3) is 0.235. The Morgan fingerprint density at radius 3 is 2.38 bits per heavy atom. The normalized spacial score (nSPS) is 12.8. The lowest BCUT2D eigenvalue weighted by Crippen LogP contribution is -2.42. The monoisotopic (exact) mass is 653 g/mol. The molecule has 0 bridgehead atoms. The van der Waals surface area contributed by atoms with Crippen molar-refractivity contribution in [3.8, 4) is 45.6 Å². The standard InChI is InChI=1S/C33H33N7O5.CH2O2/c1-44-29-9-5-22(15-28(29)41)27-20-38-33(32(45-2)31(27)23-4-7-26(16-34)37-19-23)40-13-11-25(12-14-40)36-18-21-3-6-24(35-17-21)8-10-30(42)39-43;2-1-3/h3-10,15,17,19-20,25,36,41,43H,11-14,18H2,1-2H3,(H,39,42);1H,(H,2,3)/b10-8+;. The summed E-state index contributed by atoms with van der Waals surface area (Å²) in [5.74, 6) is 1.05. The van der Waals surface area contributed by atoms with Gasteiger partial charge in [-0.2, -0.15) is 5.26 Å². The van der Waals surface area contributed by atoms with Crippen LogP contribution in [0.1, 0.15) is 29.8 Å². The minimum atomic E-state index is -0.613. The van der Waals surface area contributed by atoms with Gasteiger partial charge in [-0.3, -0.25) is 19.8 Å². The van der Waals surface area contributed by atoms with E-state index in [1.54, 1.807) is 49.4 Å². The number of hydrogen-bond acceptors (Lipinski definition) is 12. The second-order valence-electron chi connectivity index (χ2n) is 10.5. The average Bonchev–Trinajstić information content (AvgIpc) is 3.13. The molecule has 4 heterocycles. The Balaban J connectivity index is 0.00000167. The van der Waals surface area contributed by atoms with Crippen molar-refractivity contribution < 1.29 is 34.5 Å². The molecular weight excluding hydrogens is 618 g/mol. The number of anilines is 1. The topological polar surface area (TPSA) is 203 Å². The molecule has 1 aliphatic heterocycles. The molecule has 0 atom stereocenters. The Bertz CT molecular complexity index is 1770. The molecule has 48 heavy (non-hydrogen) atoms. The Hall–Kier alpha value is -6.04. The van der Waals surface area contributed by atoms with Crippen LogP contribution < -0.4 is 25.2 Å². The van der Waals surface area contributed by atoms with E-state index < -0.39 is 5.91 Å². The minimum absolute atomic E-state index is 0.00664. The molecule has 0 spiro atoms. The van der Waals surface area contributed by atoms with Gasteiger partial charge in [0.25, 0.3) is 12.4 Å². The van der Waals surface area contributed by atoms with Gasteiger partial charge in [0.2, 0.25) is 0 Å². The number of methoxy groups -OCH3 is 2. The van der Waals surface area contributed by atoms with E-state index in [1.807, 2.05) is 24.3 Å². The zero-order valence-corrected chi connectivity index (χ0v) is 26.3. The molecule has 1 aromatic carbocycles. The van der Waals surface area contributed by atoms with Gasteiger partial charge in [0, 0.05) is 67.0 Å². The third-order valence-electron chi connectivity index (χ3n) is 7.63. The molecule has 0 radical (unpaired) electrons. The van der Waals surface area contributed by atoms with Crippen LogP contribution in [0.15, 0.2) is 67.1 Å². The number of benzene rings is 1. The quantitative estimate of drug-likeness (QED) is 0.0717. The van der Waals surface area contributed by atoms with Gasteiger partial charge in [-0.05, 0) is 60.4 Å². The number of nitrogens with zero attached hydrogens (tertiary/aromatic N) is 5. The summed E-state index contributed by atoms with van der Waals surface area (Å²) >= 11 is 0. The summed E-state index contributed by atoms with van der Waals surface area (Å²) in [6.07, 6.45) is 9.69. The number of nitrogens with one attached hydrogen (secondary N) is 2. The maximum Gasteiger partial charge on any atom is 0.290 e. The zero-order valence-electron chi connectivity index (χ0n) is 26.3. The van der Waals surface area contributed by atoms with Gasteiger partial charge in [0.05, 0.1) is 19.9 Å². The molecule has 248 valence electrons. The molecule has 1 aliphatic rings. The van der Waals surface area contributed by atoms with Gasteiger partial charge in [-0.15, -0.1) is 0 Å². The summed E-state index contributed by atoms with van der Waals surface area (Å²) in [5, 5.41) is 38.9. The number of pyridine rings is 3. The second-order valence-corrected chi connectivity index (χ2v) is 10.5. The number of aromatic nitrogens is 3. The number of amides is 1. The summed E-state index contributed by atoms with van der Waals surface area (Å²) in [4.78, 5) is 35.2. The van der Waals surface area contributed by atoms with Crippen molar-refractivity contribution >= 4 is 24.3 Å². The largest absolute Gasteiger partial charge is 0.504 e. The number of phenols is 1. The number of ether oxygens (including phenoxy) is 2. The van der Waals surface area contributed by atoms with E-state index in [2.05, 4.69) is 26.3 Å². The van der Waals surface area contributed by atoms with Crippen LogP contribution in [0.5, 0.6) is 17.2 Å². The van der Waals surface area contributed by atoms with Crippen molar-refractivity contribution in [3.63, 3.8) is 0 Å². The average molecular weight is 654 g/mol. The lowest BCUT2D eigenvalue weighted by atomic mass is 9.95. The lowest BCUT2D eigenvalue weighted by Gasteiger charge is -2.34. The molecule has 0 aliphatic carbocycles. The van der Waals surface area contributed by atoms with E-state index in [0.717, 1.165) is 53.7 Å². The van der Waals surface area contributed by atoms with Crippen LogP contribution in [0, 0.1) is 11.3 Å². The van der Waals surface area contributed by atoms with Crippen LogP contribution in [0.2, 0.25) is 0 Å². The van der Waals surface area contributed by atoms with Crippen molar-refractivity contribution in [3.05, 3.63) is 84.1 Å². The van der Waals surface area contributed by atoms with Crippen LogP contribution in [-0.4, -0.2) is 76.1 Å². The Kier molecular flexibility index (Phi) is 12.4. The molecular formula is C34H35N7O7. The molecule has 3 aromatic heterocycles. The number of hydrogen-bond donors (Lipinski definition) is 5. The summed E-state index contributed by atoms with van der Waals surface area (Å²) in [7, 11) is 3.11. The number of hydroxylamine groups is 1. The molecule has 4 aromatic rings. The lowest BCUT2D eigenvalue weighted by molar-refractivity contribution is -0.124. The molecule has 1 fully saturated rings. The van der Waals surface area contributed by atoms with Crippen LogP contribution in [0.25, 0.3) is 28.3 Å². The SMILES string of the molecule is COc1ccc(-c2cnc(N3CCC(NCc4ccc(/C=C/C(=O)NO)nc4)CC3)c(OC)c2-c2ccc(C#N)nc2)cc1O.O=CO. The van der Waals surface area contributed by atoms with E-state index in [9.17, 15) is 15.2 Å². The third kappa shape index (κ3) is 8.60. The van der Waals surface area contributed by atoms with Crippen molar-refractivity contribution in [1.82, 2.24) is 25.7 Å². The van der Waals surface area contributed by atoms with Crippen LogP contribution in [-0.2, 0) is 16.1 Å². The smallest absolute Gasteiger partial charge is 0.290 e. The maximum absolute atomic E-state index is 11.2. The number of rotatable bonds is 10. The van der Waals surface area contributed by atoms with E-state index in [-0.39, 0.29) is 12.2 Å². The molecule has 1 saturated heterocycles. The van der Waals surface area contributed by atoms with E-state index in [4.69, 9.17) is 29.6 Å². The molecule has 14 nitrogen and oxygen atoms in total. The fourth-order valence-corrected chi connectivity index (χ4v) is 5.27. The summed E-state index contributed by atoms with van der Waals surface area (Å²) < 4.78 is 11.2. The number of carbonyl (C=O) groups excluding carboxylic acids is 1. The van der Waals surface area contributed by atoms with Gasteiger partial charge >= 0.3 is 0 Å². The molecule has 1 amide bonds. The summed E-state index contributed by atoms with van der Waals surface area (Å²) in [6, 6.07) is 14.8. The van der Waals surface area contributed by atoms with Crippen molar-refractivity contribution in [2.45, 2.75) is 25.4 Å². The van der Waals surface area contributed by atoms with Gasteiger partial charge in [0.15, 0.2) is 23.1 Å². The predicted molar refractivity (Wildman–Crippen MR) is 176 cm³/mol. The number of piperidine rings is 1. The van der Waals surface area contributed by atoms with Crippen LogP contribution in [0.3, 0.4) is 0 Å². The first-order valence-corrected chi connectivity index (χ1v) is 14.8. The number of nitriles is 1. The summed E-state index contributed by atoms with van der Waals surface area (Å²) in [6.45, 7) is 1.91. The van der Waals surface area contributed by atoms with Gasteiger partial charge in [-0.1, -0.05) is 12.1 Å². The van der Waals surface area contributed by atoms with Crippen molar-refractivity contribution in [2.24, 2.45) is 0 Å². The first-order chi connectivity index (χ1) is 23.3. The fourth-order valence-electron chi connectivity index (χ4n) is 5.27. The zero-order chi connectivity index (χ0) is 34.5. The third-order valence-corrected chi connectivity index (χ3v) is 7.63. The molecule has 5 N–H and O–H groups in total. The summed E-state index contributed by atoms with van der Waals surface area (Å²) in [5.41, 5.74) is 6.46. The van der Waals surface area contributed by atoms with Crippen molar-refractivity contribution in [2.75, 3.05) is 32.2 Å². The first kappa shape index (κ1) is 34.8. The van der Waals surface area contributed by atoms with Gasteiger partial charge < -0.3 is 29.9 Å². The van der Waals surface area contributed by atoms with E-state index in [1.165, 1.54) is 19.3 Å². The molecule has 0 unspecified atom stereocenters. The highest BCUT2D eigenvalue weighted by atomic mass is 16.5. The Morgan fingerprint density at radius 2 is 1.79 bits per heavy atom. The molecule has 0 saturated carbocycles. The minimum Gasteiger partial charge on any atom is -0.504 e. The van der Waals surface area contributed by atoms with Gasteiger partial charge in [0.1, 0.15) is 11.8 Å². The first-order valence-electron chi connectivity index (χ1n) is 14.8. The highest BCUT2D eigenvalue weighted by molar-refractivity contribution is 5.91. The predicted octanol–water partition coefficient (Wildman–Crippen LogP) is 3.78. The number of phenolic OH excluding ortho intramolecular Hbond substituents is 1. The van der Waals surface area contributed by atoms with E-state index >= 15 is 0 Å². The number of aromatic hydroxyl groups is 1. The van der Waals surface area contributed by atoms with Crippen LogP contribution >= 0.6 is 0 Å².